The summed E-state index contributed by atoms with van der Waals surface area (Å²) in [5, 5.41) is 4.59. The predicted molar refractivity (Wildman–Crippen MR) is 58.7 cm³/mol. The summed E-state index contributed by atoms with van der Waals surface area (Å²) in [7, 11) is 1.95. The third-order valence-electron chi connectivity index (χ3n) is 2.16. The number of hydrogen-bond donors (Lipinski definition) is 1. The molecule has 0 aliphatic rings. The Balaban J connectivity index is 2.27. The molecule has 0 amide bonds. The SMILES string of the molecule is CC(N)CN(C)c1ccc2cnoc2n1. The summed E-state index contributed by atoms with van der Waals surface area (Å²) in [5.74, 6) is 0.844. The number of hydrogen-bond acceptors (Lipinski definition) is 5. The van der Waals surface area contributed by atoms with Gasteiger partial charge in [-0.05, 0) is 19.1 Å². The quantitative estimate of drug-likeness (QED) is 0.811. The topological polar surface area (TPSA) is 68.2 Å². The summed E-state index contributed by atoms with van der Waals surface area (Å²) in [6, 6.07) is 3.98. The van der Waals surface area contributed by atoms with E-state index in [9.17, 15) is 0 Å². The highest BCUT2D eigenvalue weighted by Gasteiger charge is 2.07. The van der Waals surface area contributed by atoms with Crippen LogP contribution in [0.2, 0.25) is 0 Å². The minimum Gasteiger partial charge on any atom is -0.358 e. The minimum atomic E-state index is 0.113. The Morgan fingerprint density at radius 3 is 3.07 bits per heavy atom. The van der Waals surface area contributed by atoms with Gasteiger partial charge >= 0.3 is 0 Å². The van der Waals surface area contributed by atoms with Crippen LogP contribution in [0.15, 0.2) is 22.9 Å². The van der Waals surface area contributed by atoms with Gasteiger partial charge in [0.15, 0.2) is 0 Å². The van der Waals surface area contributed by atoms with Gasteiger partial charge in [0.05, 0.1) is 11.6 Å². The Hall–Kier alpha value is -1.62. The summed E-state index contributed by atoms with van der Waals surface area (Å²) >= 11 is 0. The molecule has 0 fully saturated rings. The fraction of sp³-hybridized carbons (Fsp3) is 0.400. The van der Waals surface area contributed by atoms with Crippen molar-refractivity contribution in [1.82, 2.24) is 10.1 Å². The Morgan fingerprint density at radius 2 is 2.33 bits per heavy atom. The lowest BCUT2D eigenvalue weighted by Crippen LogP contribution is -2.33. The molecule has 1 atom stereocenters. The highest BCUT2D eigenvalue weighted by Crippen LogP contribution is 2.16. The molecule has 2 aromatic heterocycles. The maximum absolute atomic E-state index is 5.72. The molecular formula is C10H14N4O. The third kappa shape index (κ3) is 2.07. The summed E-state index contributed by atoms with van der Waals surface area (Å²) in [6.45, 7) is 2.72. The molecule has 2 N–H and O–H groups in total. The average Bonchev–Trinajstić information content (AvgIpc) is 2.62. The van der Waals surface area contributed by atoms with Gasteiger partial charge in [-0.15, -0.1) is 0 Å². The van der Waals surface area contributed by atoms with Crippen molar-refractivity contribution in [2.75, 3.05) is 18.5 Å². The van der Waals surface area contributed by atoms with Crippen LogP contribution in [0.3, 0.4) is 0 Å². The molecule has 1 unspecified atom stereocenters. The first-order chi connectivity index (χ1) is 7.16. The van der Waals surface area contributed by atoms with E-state index in [-0.39, 0.29) is 6.04 Å². The van der Waals surface area contributed by atoms with E-state index in [0.29, 0.717) is 5.71 Å². The number of fused-ring (bicyclic) bond motifs is 1. The number of aromatic nitrogens is 2. The van der Waals surface area contributed by atoms with Crippen LogP contribution >= 0.6 is 0 Å². The summed E-state index contributed by atoms with van der Waals surface area (Å²) in [5.41, 5.74) is 6.28. The van der Waals surface area contributed by atoms with E-state index in [1.54, 1.807) is 6.20 Å². The zero-order valence-corrected chi connectivity index (χ0v) is 8.84. The fourth-order valence-electron chi connectivity index (χ4n) is 1.48. The highest BCUT2D eigenvalue weighted by molar-refractivity contribution is 5.73. The average molecular weight is 206 g/mol. The maximum atomic E-state index is 5.72. The molecule has 0 aliphatic carbocycles. The Kier molecular flexibility index (Phi) is 2.55. The summed E-state index contributed by atoms with van der Waals surface area (Å²) in [4.78, 5) is 6.32. The summed E-state index contributed by atoms with van der Waals surface area (Å²) < 4.78 is 4.99. The van der Waals surface area contributed by atoms with Crippen LogP contribution < -0.4 is 10.6 Å². The zero-order chi connectivity index (χ0) is 10.8. The van der Waals surface area contributed by atoms with Gasteiger partial charge in [-0.2, -0.15) is 4.98 Å². The monoisotopic (exact) mass is 206 g/mol. The number of anilines is 1. The molecule has 2 rings (SSSR count). The first kappa shape index (κ1) is 9.92. The smallest absolute Gasteiger partial charge is 0.259 e. The van der Waals surface area contributed by atoms with Gasteiger partial charge in [0.2, 0.25) is 0 Å². The molecule has 0 aromatic carbocycles. The molecule has 0 bridgehead atoms. The lowest BCUT2D eigenvalue weighted by molar-refractivity contribution is 0.448. The van der Waals surface area contributed by atoms with Crippen LogP contribution in [0, 0.1) is 0 Å². The molecule has 5 nitrogen and oxygen atoms in total. The van der Waals surface area contributed by atoms with Crippen molar-refractivity contribution in [1.29, 1.82) is 0 Å². The molecule has 2 aromatic rings. The predicted octanol–water partition coefficient (Wildman–Crippen LogP) is 1.01. The Morgan fingerprint density at radius 1 is 1.53 bits per heavy atom. The number of likely N-dealkylation sites (N-methyl/N-ethyl adjacent to an activating group) is 1. The second-order valence-corrected chi connectivity index (χ2v) is 3.75. The number of nitrogens with zero attached hydrogens (tertiary/aromatic N) is 3. The van der Waals surface area contributed by atoms with E-state index in [2.05, 4.69) is 10.1 Å². The van der Waals surface area contributed by atoms with Gasteiger partial charge in [-0.25, -0.2) is 0 Å². The molecule has 0 saturated heterocycles. The largest absolute Gasteiger partial charge is 0.358 e. The van der Waals surface area contributed by atoms with Gasteiger partial charge in [0, 0.05) is 19.6 Å². The molecule has 15 heavy (non-hydrogen) atoms. The first-order valence-corrected chi connectivity index (χ1v) is 4.85. The van der Waals surface area contributed by atoms with E-state index in [1.807, 2.05) is 31.0 Å². The minimum absolute atomic E-state index is 0.113. The van der Waals surface area contributed by atoms with Crippen LogP contribution in [-0.2, 0) is 0 Å². The lowest BCUT2D eigenvalue weighted by Gasteiger charge is -2.19. The van der Waals surface area contributed by atoms with E-state index in [1.165, 1.54) is 0 Å². The van der Waals surface area contributed by atoms with E-state index >= 15 is 0 Å². The highest BCUT2D eigenvalue weighted by atomic mass is 16.5. The number of nitrogens with two attached hydrogens (primary N) is 1. The third-order valence-corrected chi connectivity index (χ3v) is 2.16. The van der Waals surface area contributed by atoms with Crippen molar-refractivity contribution >= 4 is 16.9 Å². The maximum Gasteiger partial charge on any atom is 0.259 e. The van der Waals surface area contributed by atoms with Crippen molar-refractivity contribution < 1.29 is 4.52 Å². The van der Waals surface area contributed by atoms with Crippen molar-refractivity contribution in [2.45, 2.75) is 13.0 Å². The molecule has 0 saturated carbocycles. The number of rotatable bonds is 3. The molecule has 5 heteroatoms. The normalized spacial score (nSPS) is 13.0. The van der Waals surface area contributed by atoms with Gasteiger partial charge < -0.3 is 15.2 Å². The molecule has 0 aliphatic heterocycles. The van der Waals surface area contributed by atoms with Gasteiger partial charge in [-0.1, -0.05) is 5.16 Å². The van der Waals surface area contributed by atoms with Gasteiger partial charge in [0.25, 0.3) is 5.71 Å². The Bertz CT molecular complexity index is 451. The van der Waals surface area contributed by atoms with E-state index in [0.717, 1.165) is 17.7 Å². The lowest BCUT2D eigenvalue weighted by atomic mass is 10.3. The molecule has 2 heterocycles. The molecule has 0 radical (unpaired) electrons. The van der Waals surface area contributed by atoms with Crippen LogP contribution in [0.1, 0.15) is 6.92 Å². The van der Waals surface area contributed by atoms with Gasteiger partial charge in [0.1, 0.15) is 5.82 Å². The van der Waals surface area contributed by atoms with Crippen molar-refractivity contribution in [3.63, 3.8) is 0 Å². The van der Waals surface area contributed by atoms with Crippen LogP contribution in [0.4, 0.5) is 5.82 Å². The van der Waals surface area contributed by atoms with Crippen LogP contribution in [0.25, 0.3) is 11.1 Å². The van der Waals surface area contributed by atoms with Crippen LogP contribution in [0.5, 0.6) is 0 Å². The summed E-state index contributed by atoms with van der Waals surface area (Å²) in [6.07, 6.45) is 1.65. The molecule has 80 valence electrons. The second kappa shape index (κ2) is 3.86. The standard InChI is InChI=1S/C10H14N4O/c1-7(11)6-14(2)9-4-3-8-5-12-15-10(8)13-9/h3-5,7H,6,11H2,1-2H3. The van der Waals surface area contributed by atoms with E-state index < -0.39 is 0 Å². The van der Waals surface area contributed by atoms with Crippen LogP contribution in [-0.4, -0.2) is 29.8 Å². The van der Waals surface area contributed by atoms with Crippen molar-refractivity contribution in [2.24, 2.45) is 5.73 Å². The van der Waals surface area contributed by atoms with Crippen molar-refractivity contribution in [3.05, 3.63) is 18.3 Å². The molecular weight excluding hydrogens is 192 g/mol. The zero-order valence-electron chi connectivity index (χ0n) is 8.84. The molecule has 0 spiro atoms. The van der Waals surface area contributed by atoms with Gasteiger partial charge in [-0.3, -0.25) is 0 Å². The number of pyridine rings is 1. The fourth-order valence-corrected chi connectivity index (χ4v) is 1.48. The first-order valence-electron chi connectivity index (χ1n) is 4.85. The Labute approximate surface area is 87.9 Å². The second-order valence-electron chi connectivity index (χ2n) is 3.75. The van der Waals surface area contributed by atoms with E-state index in [4.69, 9.17) is 10.3 Å². The van der Waals surface area contributed by atoms with Crippen molar-refractivity contribution in [3.8, 4) is 0 Å².